The number of allylic oxidation sites excluding steroid dienone is 1. The summed E-state index contributed by atoms with van der Waals surface area (Å²) >= 11 is 0. The monoisotopic (exact) mass is 818 g/mol. The Kier molecular flexibility index (Phi) is 18.5. The molecular weight excluding hydrogens is 760 g/mol. The number of ether oxygens (including phenoxy) is 8. The van der Waals surface area contributed by atoms with Crippen LogP contribution < -0.4 is 0 Å². The van der Waals surface area contributed by atoms with Crippen LogP contribution >= 0.6 is 0 Å². The van der Waals surface area contributed by atoms with Crippen LogP contribution in [0.15, 0.2) is 48.1 Å². The molecule has 16 nitrogen and oxygen atoms in total. The summed E-state index contributed by atoms with van der Waals surface area (Å²) in [6, 6.07) is 8.84. The lowest BCUT2D eigenvalue weighted by Gasteiger charge is -2.47. The molecule has 16 heteroatoms. The Hall–Kier alpha value is -4.03. The number of cyclic esters (lactones) is 1. The molecule has 1 aromatic carbocycles. The number of fused-ring (bicyclic) bond motifs is 3. The highest BCUT2D eigenvalue weighted by molar-refractivity contribution is 5.88. The van der Waals surface area contributed by atoms with Crippen molar-refractivity contribution < 1.29 is 77.2 Å². The fraction of sp³-hybridized carbons (Fsp3) is 0.643. The van der Waals surface area contributed by atoms with Gasteiger partial charge in [0, 0.05) is 25.0 Å². The summed E-state index contributed by atoms with van der Waals surface area (Å²) < 4.78 is 47.5. The van der Waals surface area contributed by atoms with Crippen LogP contribution in [0.1, 0.15) is 98.0 Å². The fourth-order valence-electron chi connectivity index (χ4n) is 6.89. The molecule has 0 aliphatic carbocycles. The van der Waals surface area contributed by atoms with Gasteiger partial charge in [-0.3, -0.25) is 14.4 Å². The Bertz CT molecular complexity index is 1580. The number of carbonyl (C=O) groups excluding carboxylic acids is 5. The SMILES string of the molecule is C/C=C(\C)C(=O)OC1C(O)C2OC(COC(=O)CCC(=O)[C@@H](O)CCCCC[C@H](CCC)OC3OC(C)C(OC(C)=O)C(O)C3O2)C1OC(=O)/C=C/c1ccccc1. The third-order valence-electron chi connectivity index (χ3n) is 10.2. The molecule has 322 valence electrons. The first-order valence-electron chi connectivity index (χ1n) is 20.0. The lowest BCUT2D eigenvalue weighted by atomic mass is 9.96. The second kappa shape index (κ2) is 22.9. The van der Waals surface area contributed by atoms with E-state index in [1.165, 1.54) is 26.0 Å². The Morgan fingerprint density at radius 1 is 0.828 bits per heavy atom. The van der Waals surface area contributed by atoms with E-state index in [1.54, 1.807) is 44.2 Å². The fourth-order valence-corrected chi connectivity index (χ4v) is 6.89. The van der Waals surface area contributed by atoms with E-state index in [0.29, 0.717) is 37.7 Å². The summed E-state index contributed by atoms with van der Waals surface area (Å²) in [6.45, 7) is 7.17. The predicted octanol–water partition coefficient (Wildman–Crippen LogP) is 3.40. The maximum atomic E-state index is 13.3. The van der Waals surface area contributed by atoms with Crippen LogP contribution in [0.5, 0.6) is 0 Å². The molecule has 0 radical (unpaired) electrons. The first-order valence-corrected chi connectivity index (χ1v) is 20.0. The molecule has 12 atom stereocenters. The van der Waals surface area contributed by atoms with Gasteiger partial charge in [-0.25, -0.2) is 9.59 Å². The number of hydrogen-bond acceptors (Lipinski definition) is 16. The van der Waals surface area contributed by atoms with E-state index in [4.69, 9.17) is 37.9 Å². The van der Waals surface area contributed by atoms with Crippen molar-refractivity contribution in [3.8, 4) is 0 Å². The molecule has 0 aromatic heterocycles. The van der Waals surface area contributed by atoms with Crippen molar-refractivity contribution in [1.82, 2.24) is 0 Å². The van der Waals surface area contributed by atoms with Crippen molar-refractivity contribution in [2.24, 2.45) is 0 Å². The van der Waals surface area contributed by atoms with E-state index in [2.05, 4.69) is 0 Å². The minimum Gasteiger partial charge on any atom is -0.463 e. The Balaban J connectivity index is 1.75. The zero-order valence-electron chi connectivity index (χ0n) is 33.8. The number of aliphatic hydroxyl groups excluding tert-OH is 3. The normalized spacial score (nSPS) is 33.6. The molecule has 3 aliphatic heterocycles. The predicted molar refractivity (Wildman–Crippen MR) is 204 cm³/mol. The smallest absolute Gasteiger partial charge is 0.333 e. The average molecular weight is 819 g/mol. The molecule has 1 aromatic rings. The van der Waals surface area contributed by atoms with Crippen molar-refractivity contribution in [1.29, 1.82) is 0 Å². The topological polar surface area (TPSA) is 220 Å². The van der Waals surface area contributed by atoms with Gasteiger partial charge in [0.2, 0.25) is 0 Å². The molecule has 3 fully saturated rings. The van der Waals surface area contributed by atoms with Crippen LogP contribution in [-0.2, 0) is 61.9 Å². The molecule has 0 saturated carbocycles. The summed E-state index contributed by atoms with van der Waals surface area (Å²) in [5, 5.41) is 34.1. The number of hydrogen-bond donors (Lipinski definition) is 3. The van der Waals surface area contributed by atoms with Crippen LogP contribution in [0.4, 0.5) is 0 Å². The zero-order chi connectivity index (χ0) is 42.4. The van der Waals surface area contributed by atoms with Crippen molar-refractivity contribution in [2.45, 2.75) is 166 Å². The van der Waals surface area contributed by atoms with Crippen LogP contribution in [0.3, 0.4) is 0 Å². The van der Waals surface area contributed by atoms with Gasteiger partial charge in [-0.2, -0.15) is 0 Å². The van der Waals surface area contributed by atoms with Crippen LogP contribution in [-0.4, -0.2) is 125 Å². The van der Waals surface area contributed by atoms with Gasteiger partial charge in [-0.15, -0.1) is 0 Å². The van der Waals surface area contributed by atoms with Gasteiger partial charge in [0.15, 0.2) is 36.7 Å². The molecule has 3 heterocycles. The molecule has 4 rings (SSSR count). The van der Waals surface area contributed by atoms with Gasteiger partial charge in [0.05, 0.1) is 18.6 Å². The standard InChI is InChI=1S/C42H58O16/c1-6-14-28-17-12-9-13-18-29(44)30(45)20-22-32(46)51-23-31-37(56-33(47)21-19-27-15-10-8-11-16-27)38(57-40(50)24(3)7-2)35(49)41(55-31)58-39-34(48)36(53-26(5)43)25(4)52-42(39)54-28/h7-8,10-11,15-16,19,21,25,28-29,31,34-39,41-42,44,48-49H,6,9,12-14,17-18,20,22-23H2,1-5H3/b21-19+,24-7+/t25?,28-,29-,31?,34?,35?,36?,37?,38?,39?,41?,42?/m0/s1. The number of aliphatic hydroxyl groups is 3. The molecular formula is C42H58O16. The summed E-state index contributed by atoms with van der Waals surface area (Å²) in [5.74, 6) is -3.87. The molecule has 10 unspecified atom stereocenters. The van der Waals surface area contributed by atoms with Crippen molar-refractivity contribution in [3.05, 3.63) is 53.6 Å². The van der Waals surface area contributed by atoms with E-state index in [9.17, 15) is 39.3 Å². The lowest BCUT2D eigenvalue weighted by Crippen LogP contribution is -2.65. The van der Waals surface area contributed by atoms with Gasteiger partial charge < -0.3 is 53.2 Å². The highest BCUT2D eigenvalue weighted by Gasteiger charge is 2.55. The van der Waals surface area contributed by atoms with Crippen LogP contribution in [0.2, 0.25) is 0 Å². The highest BCUT2D eigenvalue weighted by atomic mass is 16.8. The largest absolute Gasteiger partial charge is 0.463 e. The van der Waals surface area contributed by atoms with Crippen LogP contribution in [0.25, 0.3) is 6.08 Å². The van der Waals surface area contributed by atoms with E-state index in [1.807, 2.05) is 6.92 Å². The molecule has 3 aliphatic rings. The number of rotatable bonds is 8. The van der Waals surface area contributed by atoms with Crippen molar-refractivity contribution in [2.75, 3.05) is 6.61 Å². The van der Waals surface area contributed by atoms with Crippen molar-refractivity contribution >= 4 is 35.7 Å². The summed E-state index contributed by atoms with van der Waals surface area (Å²) in [5.41, 5.74) is 0.821. The maximum absolute atomic E-state index is 13.3. The molecule has 0 amide bonds. The van der Waals surface area contributed by atoms with Crippen LogP contribution in [0, 0.1) is 0 Å². The summed E-state index contributed by atoms with van der Waals surface area (Å²) in [6.07, 6.45) is -9.26. The van der Waals surface area contributed by atoms with E-state index < -0.39 is 110 Å². The third kappa shape index (κ3) is 13.5. The first-order chi connectivity index (χ1) is 27.7. The molecule has 0 spiro atoms. The highest BCUT2D eigenvalue weighted by Crippen LogP contribution is 2.34. The van der Waals surface area contributed by atoms with Gasteiger partial charge in [0.1, 0.15) is 37.1 Å². The first kappa shape index (κ1) is 46.7. The average Bonchev–Trinajstić information content (AvgIpc) is 3.20. The second-order valence-electron chi connectivity index (χ2n) is 14.7. The molecule has 3 saturated heterocycles. The second-order valence-corrected chi connectivity index (χ2v) is 14.7. The molecule has 58 heavy (non-hydrogen) atoms. The summed E-state index contributed by atoms with van der Waals surface area (Å²) in [4.78, 5) is 64.3. The van der Waals surface area contributed by atoms with E-state index in [-0.39, 0.29) is 24.8 Å². The number of carbonyl (C=O) groups is 5. The minimum absolute atomic E-state index is 0.151. The number of Topliss-reactive ketones (excluding diaryl/α,β-unsaturated/α-hetero) is 1. The van der Waals surface area contributed by atoms with E-state index >= 15 is 0 Å². The van der Waals surface area contributed by atoms with Gasteiger partial charge in [-0.05, 0) is 51.7 Å². The third-order valence-corrected chi connectivity index (χ3v) is 10.2. The lowest BCUT2D eigenvalue weighted by molar-refractivity contribution is -0.369. The van der Waals surface area contributed by atoms with Gasteiger partial charge in [0.25, 0.3) is 0 Å². The Labute approximate surface area is 338 Å². The van der Waals surface area contributed by atoms with E-state index in [0.717, 1.165) is 12.5 Å². The number of ketones is 1. The maximum Gasteiger partial charge on any atom is 0.333 e. The van der Waals surface area contributed by atoms with Gasteiger partial charge in [-0.1, -0.05) is 69.0 Å². The number of benzene rings is 1. The van der Waals surface area contributed by atoms with Crippen molar-refractivity contribution in [3.63, 3.8) is 0 Å². The molecule has 3 N–H and O–H groups in total. The Morgan fingerprint density at radius 2 is 1.55 bits per heavy atom. The summed E-state index contributed by atoms with van der Waals surface area (Å²) in [7, 11) is 0. The zero-order valence-corrected chi connectivity index (χ0v) is 33.8. The quantitative estimate of drug-likeness (QED) is 0.194. The Morgan fingerprint density at radius 3 is 2.24 bits per heavy atom. The molecule has 2 bridgehead atoms. The minimum atomic E-state index is -1.90. The van der Waals surface area contributed by atoms with Gasteiger partial charge >= 0.3 is 23.9 Å². The number of esters is 4.